The molecule has 0 bridgehead atoms. The summed E-state index contributed by atoms with van der Waals surface area (Å²) >= 11 is 6.11. The van der Waals surface area contributed by atoms with Crippen LogP contribution in [0.5, 0.6) is 0 Å². The molecule has 26 heavy (non-hydrogen) atoms. The van der Waals surface area contributed by atoms with Crippen molar-refractivity contribution in [3.05, 3.63) is 52.8 Å². The Hall–Kier alpha value is -2.60. The van der Waals surface area contributed by atoms with E-state index >= 15 is 0 Å². The highest BCUT2D eigenvalue weighted by atomic mass is 35.5. The monoisotopic (exact) mass is 375 g/mol. The van der Waals surface area contributed by atoms with Gasteiger partial charge in [-0.1, -0.05) is 25.4 Å². The van der Waals surface area contributed by atoms with Gasteiger partial charge in [0.15, 0.2) is 0 Å². The van der Waals surface area contributed by atoms with Crippen molar-refractivity contribution in [3.8, 4) is 0 Å². The molecule has 0 aliphatic rings. The van der Waals surface area contributed by atoms with Gasteiger partial charge >= 0.3 is 5.97 Å². The highest BCUT2D eigenvalue weighted by molar-refractivity contribution is 6.34. The van der Waals surface area contributed by atoms with Crippen molar-refractivity contribution in [1.29, 1.82) is 0 Å². The molecule has 0 saturated heterocycles. The number of ether oxygens (including phenoxy) is 1. The first-order valence-electron chi connectivity index (χ1n) is 8.30. The Morgan fingerprint density at radius 2 is 2.00 bits per heavy atom. The fourth-order valence-corrected chi connectivity index (χ4v) is 2.39. The van der Waals surface area contributed by atoms with Crippen LogP contribution in [-0.4, -0.2) is 30.5 Å². The Balaban J connectivity index is 2.11. The molecule has 2 N–H and O–H groups in total. The van der Waals surface area contributed by atoms with Gasteiger partial charge in [-0.3, -0.25) is 9.78 Å². The Kier molecular flexibility index (Phi) is 6.97. The zero-order valence-corrected chi connectivity index (χ0v) is 15.8. The van der Waals surface area contributed by atoms with Gasteiger partial charge in [0.25, 0.3) is 5.91 Å². The second-order valence-corrected chi connectivity index (χ2v) is 6.59. The number of halogens is 1. The lowest BCUT2D eigenvalue weighted by molar-refractivity contribution is 0.0600. The largest absolute Gasteiger partial charge is 0.465 e. The summed E-state index contributed by atoms with van der Waals surface area (Å²) in [5, 5.41) is 6.27. The molecular weight excluding hydrogens is 354 g/mol. The molecule has 2 rings (SSSR count). The second kappa shape index (κ2) is 9.20. The number of nitrogens with one attached hydrogen (secondary N) is 2. The minimum atomic E-state index is -0.508. The van der Waals surface area contributed by atoms with Crippen LogP contribution >= 0.6 is 11.6 Å². The first kappa shape index (κ1) is 19.7. The van der Waals surface area contributed by atoms with E-state index in [1.807, 2.05) is 6.07 Å². The van der Waals surface area contributed by atoms with Gasteiger partial charge in [0.1, 0.15) is 5.69 Å². The predicted molar refractivity (Wildman–Crippen MR) is 103 cm³/mol. The number of carbonyl (C=O) groups excluding carboxylic acids is 2. The van der Waals surface area contributed by atoms with Crippen molar-refractivity contribution in [3.63, 3.8) is 0 Å². The molecule has 6 nitrogen and oxygen atoms in total. The topological polar surface area (TPSA) is 80.3 Å². The predicted octanol–water partition coefficient (Wildman–Crippen LogP) is 4.23. The quantitative estimate of drug-likeness (QED) is 0.708. The molecule has 7 heteroatoms. The third kappa shape index (κ3) is 5.46. The summed E-state index contributed by atoms with van der Waals surface area (Å²) in [6, 6.07) is 8.01. The maximum absolute atomic E-state index is 12.5. The van der Waals surface area contributed by atoms with Crippen molar-refractivity contribution >= 4 is 34.9 Å². The highest BCUT2D eigenvalue weighted by Crippen LogP contribution is 2.24. The summed E-state index contributed by atoms with van der Waals surface area (Å²) in [7, 11) is 1.29. The van der Waals surface area contributed by atoms with E-state index in [0.717, 1.165) is 18.7 Å². The summed E-state index contributed by atoms with van der Waals surface area (Å²) in [4.78, 5) is 28.2. The number of aromatic nitrogens is 1. The molecule has 0 aliphatic carbocycles. The van der Waals surface area contributed by atoms with Gasteiger partial charge in [0.05, 0.1) is 23.4 Å². The number of esters is 1. The van der Waals surface area contributed by atoms with E-state index in [1.54, 1.807) is 12.3 Å². The Bertz CT molecular complexity index is 793. The van der Waals surface area contributed by atoms with Crippen LogP contribution in [0.15, 0.2) is 36.5 Å². The lowest BCUT2D eigenvalue weighted by Gasteiger charge is -2.11. The number of benzene rings is 1. The van der Waals surface area contributed by atoms with Gasteiger partial charge in [-0.2, -0.15) is 0 Å². The SMILES string of the molecule is COC(=O)c1ccc(Cl)c(NC(=O)c2cc(NCCC(C)C)ccn2)c1. The smallest absolute Gasteiger partial charge is 0.337 e. The standard InChI is InChI=1S/C19H22ClN3O3/c1-12(2)6-8-21-14-7-9-22-17(11-14)18(24)23-16-10-13(19(25)26-3)4-5-15(16)20/h4-5,7,9-12H,6,8H2,1-3H3,(H,21,22)(H,23,24). The number of hydrogen-bond acceptors (Lipinski definition) is 5. The second-order valence-electron chi connectivity index (χ2n) is 6.18. The van der Waals surface area contributed by atoms with Crippen LogP contribution in [0.3, 0.4) is 0 Å². The average molecular weight is 376 g/mol. The van der Waals surface area contributed by atoms with Crippen molar-refractivity contribution in [2.24, 2.45) is 5.92 Å². The molecule has 0 radical (unpaired) electrons. The first-order valence-corrected chi connectivity index (χ1v) is 8.67. The number of amides is 1. The number of anilines is 2. The van der Waals surface area contributed by atoms with Gasteiger partial charge in [-0.05, 0) is 42.7 Å². The van der Waals surface area contributed by atoms with E-state index < -0.39 is 11.9 Å². The van der Waals surface area contributed by atoms with Crippen LogP contribution in [0.1, 0.15) is 41.1 Å². The molecule has 0 unspecified atom stereocenters. The lowest BCUT2D eigenvalue weighted by Crippen LogP contribution is -2.15. The third-order valence-corrected chi connectivity index (χ3v) is 4.01. The zero-order valence-electron chi connectivity index (χ0n) is 15.0. The molecule has 0 aliphatic heterocycles. The fourth-order valence-electron chi connectivity index (χ4n) is 2.22. The summed E-state index contributed by atoms with van der Waals surface area (Å²) < 4.78 is 4.68. The van der Waals surface area contributed by atoms with E-state index in [2.05, 4.69) is 34.2 Å². The van der Waals surface area contributed by atoms with Crippen LogP contribution in [0.25, 0.3) is 0 Å². The van der Waals surface area contributed by atoms with E-state index in [1.165, 1.54) is 25.3 Å². The molecule has 2 aromatic rings. The van der Waals surface area contributed by atoms with E-state index in [-0.39, 0.29) is 5.69 Å². The van der Waals surface area contributed by atoms with Crippen molar-refractivity contribution in [1.82, 2.24) is 4.98 Å². The molecule has 1 aromatic carbocycles. The summed E-state index contributed by atoms with van der Waals surface area (Å²) in [6.07, 6.45) is 2.60. The maximum atomic E-state index is 12.5. The van der Waals surface area contributed by atoms with E-state index in [9.17, 15) is 9.59 Å². The van der Waals surface area contributed by atoms with Gasteiger partial charge in [0, 0.05) is 18.4 Å². The molecular formula is C19H22ClN3O3. The van der Waals surface area contributed by atoms with Crippen LogP contribution in [0.2, 0.25) is 5.02 Å². The number of methoxy groups -OCH3 is 1. The molecule has 0 spiro atoms. The maximum Gasteiger partial charge on any atom is 0.337 e. The summed E-state index contributed by atoms with van der Waals surface area (Å²) in [5.74, 6) is -0.329. The average Bonchev–Trinajstić information content (AvgIpc) is 2.62. The molecule has 0 saturated carbocycles. The number of pyridine rings is 1. The molecule has 138 valence electrons. The van der Waals surface area contributed by atoms with Crippen LogP contribution in [0.4, 0.5) is 11.4 Å². The molecule has 0 fully saturated rings. The van der Waals surface area contributed by atoms with Gasteiger partial charge in [0.2, 0.25) is 0 Å². The Morgan fingerprint density at radius 3 is 2.69 bits per heavy atom. The van der Waals surface area contributed by atoms with Crippen LogP contribution < -0.4 is 10.6 Å². The highest BCUT2D eigenvalue weighted by Gasteiger charge is 2.13. The number of rotatable bonds is 7. The van der Waals surface area contributed by atoms with Gasteiger partial charge in [-0.25, -0.2) is 4.79 Å². The van der Waals surface area contributed by atoms with Crippen LogP contribution in [0, 0.1) is 5.92 Å². The van der Waals surface area contributed by atoms with Crippen LogP contribution in [-0.2, 0) is 4.74 Å². The number of hydrogen-bond donors (Lipinski definition) is 2. The normalized spacial score (nSPS) is 10.5. The van der Waals surface area contributed by atoms with Gasteiger partial charge < -0.3 is 15.4 Å². The summed E-state index contributed by atoms with van der Waals surface area (Å²) in [6.45, 7) is 5.12. The molecule has 1 heterocycles. The van der Waals surface area contributed by atoms with Crippen molar-refractivity contribution in [2.75, 3.05) is 24.3 Å². The Labute approximate surface area is 157 Å². The molecule has 0 atom stereocenters. The fraction of sp³-hybridized carbons (Fsp3) is 0.316. The van der Waals surface area contributed by atoms with E-state index in [4.69, 9.17) is 11.6 Å². The molecule has 1 amide bonds. The lowest BCUT2D eigenvalue weighted by atomic mass is 10.1. The van der Waals surface area contributed by atoms with E-state index in [0.29, 0.717) is 22.2 Å². The third-order valence-electron chi connectivity index (χ3n) is 3.68. The number of nitrogens with zero attached hydrogens (tertiary/aromatic N) is 1. The van der Waals surface area contributed by atoms with Crippen molar-refractivity contribution < 1.29 is 14.3 Å². The Morgan fingerprint density at radius 1 is 1.23 bits per heavy atom. The van der Waals surface area contributed by atoms with Gasteiger partial charge in [-0.15, -0.1) is 0 Å². The molecule has 1 aromatic heterocycles. The number of carbonyl (C=O) groups is 2. The first-order chi connectivity index (χ1) is 12.4. The summed E-state index contributed by atoms with van der Waals surface area (Å²) in [5.41, 5.74) is 1.68. The minimum absolute atomic E-state index is 0.249. The minimum Gasteiger partial charge on any atom is -0.465 e. The zero-order chi connectivity index (χ0) is 19.1. The van der Waals surface area contributed by atoms with Crippen molar-refractivity contribution in [2.45, 2.75) is 20.3 Å².